The normalized spacial score (nSPS) is 28.9. The standard InChI is InChI=1S/C17H32N2O2/c1-4-18-17(3,16(20)21-5-2)11-13-19-12-7-9-14-8-6-10-15(14)19/h14-15,18H,4-13H2,1-3H3. The minimum absolute atomic E-state index is 0.105. The zero-order chi connectivity index (χ0) is 15.3. The molecule has 1 N–H and O–H groups in total. The predicted molar refractivity (Wildman–Crippen MR) is 85.3 cm³/mol. The van der Waals surface area contributed by atoms with Crippen molar-refractivity contribution in [1.82, 2.24) is 10.2 Å². The minimum Gasteiger partial charge on any atom is -0.465 e. The van der Waals surface area contributed by atoms with Gasteiger partial charge in [0.15, 0.2) is 0 Å². The van der Waals surface area contributed by atoms with Crippen LogP contribution in [-0.4, -0.2) is 48.7 Å². The lowest BCUT2D eigenvalue weighted by molar-refractivity contribution is -0.151. The third-order valence-electron chi connectivity index (χ3n) is 5.30. The number of piperidine rings is 1. The van der Waals surface area contributed by atoms with Crippen LogP contribution in [0.3, 0.4) is 0 Å². The number of hydrogen-bond acceptors (Lipinski definition) is 4. The maximum atomic E-state index is 12.3. The number of nitrogens with one attached hydrogen (secondary N) is 1. The van der Waals surface area contributed by atoms with Crippen LogP contribution in [0.1, 0.15) is 59.3 Å². The second kappa shape index (κ2) is 7.59. The summed E-state index contributed by atoms with van der Waals surface area (Å²) in [6.45, 7) is 9.36. The second-order valence-electron chi connectivity index (χ2n) is 6.77. The van der Waals surface area contributed by atoms with E-state index in [1.165, 1.54) is 38.6 Å². The Bertz CT molecular complexity index is 348. The van der Waals surface area contributed by atoms with Gasteiger partial charge in [-0.2, -0.15) is 0 Å². The van der Waals surface area contributed by atoms with Crippen molar-refractivity contribution >= 4 is 5.97 Å². The van der Waals surface area contributed by atoms with Crippen LogP contribution in [0, 0.1) is 5.92 Å². The largest absolute Gasteiger partial charge is 0.465 e. The summed E-state index contributed by atoms with van der Waals surface area (Å²) < 4.78 is 5.27. The first-order chi connectivity index (χ1) is 10.1. The van der Waals surface area contributed by atoms with Gasteiger partial charge < -0.3 is 15.0 Å². The van der Waals surface area contributed by atoms with E-state index < -0.39 is 5.54 Å². The lowest BCUT2D eigenvalue weighted by Gasteiger charge is -2.39. The topological polar surface area (TPSA) is 41.6 Å². The van der Waals surface area contributed by atoms with Crippen molar-refractivity contribution in [3.8, 4) is 0 Å². The van der Waals surface area contributed by atoms with E-state index in [1.54, 1.807) is 0 Å². The van der Waals surface area contributed by atoms with Gasteiger partial charge in [-0.15, -0.1) is 0 Å². The molecule has 122 valence electrons. The molecule has 3 atom stereocenters. The summed E-state index contributed by atoms with van der Waals surface area (Å²) >= 11 is 0. The molecule has 0 bridgehead atoms. The minimum atomic E-state index is -0.545. The molecule has 4 heteroatoms. The number of rotatable bonds is 7. The van der Waals surface area contributed by atoms with Gasteiger partial charge in [-0.05, 0) is 65.0 Å². The number of fused-ring (bicyclic) bond motifs is 1. The Balaban J connectivity index is 1.92. The van der Waals surface area contributed by atoms with Crippen molar-refractivity contribution in [3.05, 3.63) is 0 Å². The van der Waals surface area contributed by atoms with Crippen LogP contribution in [0.2, 0.25) is 0 Å². The van der Waals surface area contributed by atoms with Gasteiger partial charge in [-0.25, -0.2) is 0 Å². The van der Waals surface area contributed by atoms with Crippen molar-refractivity contribution in [2.75, 3.05) is 26.2 Å². The van der Waals surface area contributed by atoms with E-state index in [4.69, 9.17) is 4.74 Å². The van der Waals surface area contributed by atoms with Gasteiger partial charge in [0, 0.05) is 12.6 Å². The summed E-state index contributed by atoms with van der Waals surface area (Å²) in [7, 11) is 0. The van der Waals surface area contributed by atoms with Crippen LogP contribution < -0.4 is 5.32 Å². The maximum absolute atomic E-state index is 12.3. The molecule has 0 spiro atoms. The van der Waals surface area contributed by atoms with Gasteiger partial charge in [0.2, 0.25) is 0 Å². The Hall–Kier alpha value is -0.610. The molecule has 2 aliphatic rings. The van der Waals surface area contributed by atoms with Crippen molar-refractivity contribution in [3.63, 3.8) is 0 Å². The van der Waals surface area contributed by atoms with Gasteiger partial charge >= 0.3 is 5.97 Å². The molecule has 1 saturated carbocycles. The molecule has 3 unspecified atom stereocenters. The summed E-state index contributed by atoms with van der Waals surface area (Å²) in [4.78, 5) is 14.9. The number of esters is 1. The molecule has 0 aromatic heterocycles. The fourth-order valence-electron chi connectivity index (χ4n) is 4.15. The predicted octanol–water partition coefficient (Wildman–Crippen LogP) is 2.57. The van der Waals surface area contributed by atoms with Gasteiger partial charge in [0.25, 0.3) is 0 Å². The van der Waals surface area contributed by atoms with Gasteiger partial charge in [-0.1, -0.05) is 13.3 Å². The first-order valence-electron chi connectivity index (χ1n) is 8.77. The highest BCUT2D eigenvalue weighted by atomic mass is 16.5. The highest BCUT2D eigenvalue weighted by molar-refractivity contribution is 5.80. The third-order valence-corrected chi connectivity index (χ3v) is 5.30. The molecule has 1 heterocycles. The number of carbonyl (C=O) groups excluding carboxylic acids is 1. The van der Waals surface area contributed by atoms with Crippen LogP contribution in [0.5, 0.6) is 0 Å². The number of ether oxygens (including phenoxy) is 1. The molecular formula is C17H32N2O2. The zero-order valence-electron chi connectivity index (χ0n) is 14.0. The molecule has 1 aliphatic heterocycles. The van der Waals surface area contributed by atoms with Crippen molar-refractivity contribution in [2.24, 2.45) is 5.92 Å². The molecular weight excluding hydrogens is 264 g/mol. The van der Waals surface area contributed by atoms with Crippen LogP contribution in [-0.2, 0) is 9.53 Å². The molecule has 1 aliphatic carbocycles. The van der Waals surface area contributed by atoms with Gasteiger partial charge in [-0.3, -0.25) is 4.79 Å². The Morgan fingerprint density at radius 3 is 2.76 bits per heavy atom. The van der Waals surface area contributed by atoms with E-state index in [9.17, 15) is 4.79 Å². The fourth-order valence-corrected chi connectivity index (χ4v) is 4.15. The number of likely N-dealkylation sites (tertiary alicyclic amines) is 1. The molecule has 21 heavy (non-hydrogen) atoms. The maximum Gasteiger partial charge on any atom is 0.326 e. The van der Waals surface area contributed by atoms with Gasteiger partial charge in [0.1, 0.15) is 5.54 Å². The molecule has 0 radical (unpaired) electrons. The summed E-state index contributed by atoms with van der Waals surface area (Å²) in [5.74, 6) is 0.804. The van der Waals surface area contributed by atoms with Crippen molar-refractivity contribution in [1.29, 1.82) is 0 Å². The van der Waals surface area contributed by atoms with E-state index in [1.807, 2.05) is 20.8 Å². The smallest absolute Gasteiger partial charge is 0.326 e. The summed E-state index contributed by atoms with van der Waals surface area (Å²) in [6.07, 6.45) is 7.70. The van der Waals surface area contributed by atoms with Gasteiger partial charge in [0.05, 0.1) is 6.61 Å². The van der Waals surface area contributed by atoms with Crippen LogP contribution in [0.4, 0.5) is 0 Å². The summed E-state index contributed by atoms with van der Waals surface area (Å²) in [6, 6.07) is 0.770. The van der Waals surface area contributed by atoms with E-state index in [0.717, 1.165) is 31.5 Å². The van der Waals surface area contributed by atoms with E-state index in [0.29, 0.717) is 6.61 Å². The Labute approximate surface area is 129 Å². The van der Waals surface area contributed by atoms with E-state index in [2.05, 4.69) is 10.2 Å². The summed E-state index contributed by atoms with van der Waals surface area (Å²) in [5, 5.41) is 3.34. The SMILES string of the molecule is CCNC(C)(CCN1CCCC2CCCC21)C(=O)OCC. The second-order valence-corrected chi connectivity index (χ2v) is 6.77. The molecule has 0 aromatic rings. The molecule has 4 nitrogen and oxygen atoms in total. The van der Waals surface area contributed by atoms with Crippen molar-refractivity contribution in [2.45, 2.75) is 70.9 Å². The average Bonchev–Trinajstić information content (AvgIpc) is 2.94. The Kier molecular flexibility index (Phi) is 6.06. The highest BCUT2D eigenvalue weighted by Gasteiger charge is 2.38. The lowest BCUT2D eigenvalue weighted by atomic mass is 9.90. The first-order valence-corrected chi connectivity index (χ1v) is 8.77. The molecule has 2 fully saturated rings. The fraction of sp³-hybridized carbons (Fsp3) is 0.941. The van der Waals surface area contributed by atoms with E-state index in [-0.39, 0.29) is 5.97 Å². The van der Waals surface area contributed by atoms with Crippen LogP contribution in [0.25, 0.3) is 0 Å². The molecule has 0 aromatic carbocycles. The monoisotopic (exact) mass is 296 g/mol. The van der Waals surface area contributed by atoms with E-state index >= 15 is 0 Å². The average molecular weight is 296 g/mol. The Morgan fingerprint density at radius 2 is 2.05 bits per heavy atom. The zero-order valence-corrected chi connectivity index (χ0v) is 14.0. The molecule has 2 rings (SSSR count). The first kappa shape index (κ1) is 16.8. The Morgan fingerprint density at radius 1 is 1.29 bits per heavy atom. The quantitative estimate of drug-likeness (QED) is 0.733. The number of nitrogens with zero attached hydrogens (tertiary/aromatic N) is 1. The third kappa shape index (κ3) is 3.98. The van der Waals surface area contributed by atoms with Crippen molar-refractivity contribution < 1.29 is 9.53 Å². The molecule has 1 saturated heterocycles. The number of hydrogen-bond donors (Lipinski definition) is 1. The highest BCUT2D eigenvalue weighted by Crippen LogP contribution is 2.37. The number of likely N-dealkylation sites (N-methyl/N-ethyl adjacent to an activating group) is 1. The van der Waals surface area contributed by atoms with Crippen LogP contribution in [0.15, 0.2) is 0 Å². The number of carbonyl (C=O) groups is 1. The van der Waals surface area contributed by atoms with Crippen LogP contribution >= 0.6 is 0 Å². The lowest BCUT2D eigenvalue weighted by Crippen LogP contribution is -2.53. The summed E-state index contributed by atoms with van der Waals surface area (Å²) in [5.41, 5.74) is -0.545. The molecule has 0 amide bonds.